The molecule has 4 nitrogen and oxygen atoms in total. The molecule has 0 aromatic heterocycles. The summed E-state index contributed by atoms with van der Waals surface area (Å²) in [4.78, 5) is 14.1. The van der Waals surface area contributed by atoms with Crippen LogP contribution in [0.4, 0.5) is 0 Å². The molecule has 2 aromatic carbocycles. The number of benzene rings is 2. The molecule has 1 N–H and O–H groups in total. The van der Waals surface area contributed by atoms with Gasteiger partial charge in [0.15, 0.2) is 0 Å². The Kier molecular flexibility index (Phi) is 3.09. The monoisotopic (exact) mass is 257 g/mol. The van der Waals surface area contributed by atoms with Gasteiger partial charge in [0.05, 0.1) is 18.8 Å². The summed E-state index contributed by atoms with van der Waals surface area (Å²) < 4.78 is 5.23. The molecule has 0 radical (unpaired) electrons. The van der Waals surface area contributed by atoms with E-state index in [1.807, 2.05) is 24.3 Å². The molecule has 0 unspecified atom stereocenters. The van der Waals surface area contributed by atoms with Crippen molar-refractivity contribution < 1.29 is 14.6 Å². The fraction of sp³-hybridized carbons (Fsp3) is 0.267. The van der Waals surface area contributed by atoms with Gasteiger partial charge in [-0.1, -0.05) is 24.3 Å². The average Bonchev–Trinajstić information content (AvgIpc) is 2.47. The molecule has 98 valence electrons. The Balaban J connectivity index is 1.99. The highest BCUT2D eigenvalue weighted by Gasteiger charge is 2.21. The number of phenolic OH excluding ortho intramolecular Hbond substituents is 1. The Bertz CT molecular complexity index is 618. The van der Waals surface area contributed by atoms with Crippen LogP contribution in [0.3, 0.4) is 0 Å². The van der Waals surface area contributed by atoms with Crippen LogP contribution in [0.1, 0.15) is 10.4 Å². The summed E-state index contributed by atoms with van der Waals surface area (Å²) in [6, 6.07) is 11.1. The summed E-state index contributed by atoms with van der Waals surface area (Å²) in [6.45, 7) is 2.26. The Hall–Kier alpha value is -2.07. The number of nitrogens with zero attached hydrogens (tertiary/aromatic N) is 1. The summed E-state index contributed by atoms with van der Waals surface area (Å²) in [7, 11) is 0. The number of hydrogen-bond donors (Lipinski definition) is 1. The normalized spacial score (nSPS) is 15.7. The van der Waals surface area contributed by atoms with Crippen molar-refractivity contribution in [2.24, 2.45) is 0 Å². The molecule has 1 aliphatic rings. The first-order valence-electron chi connectivity index (χ1n) is 6.34. The number of phenols is 1. The topological polar surface area (TPSA) is 49.8 Å². The van der Waals surface area contributed by atoms with E-state index < -0.39 is 0 Å². The van der Waals surface area contributed by atoms with E-state index in [0.29, 0.717) is 31.9 Å². The van der Waals surface area contributed by atoms with Gasteiger partial charge in [0.2, 0.25) is 0 Å². The summed E-state index contributed by atoms with van der Waals surface area (Å²) in [5.74, 6) is -0.0956. The third-order valence-electron chi connectivity index (χ3n) is 3.39. The van der Waals surface area contributed by atoms with Crippen molar-refractivity contribution in [1.29, 1.82) is 0 Å². The molecule has 1 amide bonds. The third kappa shape index (κ3) is 2.27. The molecular weight excluding hydrogens is 242 g/mol. The maximum Gasteiger partial charge on any atom is 0.257 e. The SMILES string of the molecule is O=C(c1cc2ccccc2cc1O)N1CCOCC1. The quantitative estimate of drug-likeness (QED) is 0.850. The fourth-order valence-electron chi connectivity index (χ4n) is 2.34. The Morgan fingerprint density at radius 1 is 1.11 bits per heavy atom. The van der Waals surface area contributed by atoms with Crippen molar-refractivity contribution >= 4 is 16.7 Å². The van der Waals surface area contributed by atoms with Gasteiger partial charge >= 0.3 is 0 Å². The first-order valence-corrected chi connectivity index (χ1v) is 6.34. The van der Waals surface area contributed by atoms with Gasteiger partial charge in [-0.15, -0.1) is 0 Å². The molecule has 0 bridgehead atoms. The van der Waals surface area contributed by atoms with Gasteiger partial charge < -0.3 is 14.7 Å². The van der Waals surface area contributed by atoms with Crippen molar-refractivity contribution in [3.8, 4) is 5.75 Å². The Morgan fingerprint density at radius 2 is 1.74 bits per heavy atom. The number of amides is 1. The number of rotatable bonds is 1. The maximum atomic E-state index is 12.4. The van der Waals surface area contributed by atoms with Gasteiger partial charge in [-0.2, -0.15) is 0 Å². The van der Waals surface area contributed by atoms with Crippen LogP contribution in [-0.2, 0) is 4.74 Å². The standard InChI is InChI=1S/C15H15NO3/c17-14-10-12-4-2-1-3-11(12)9-13(14)15(18)16-5-7-19-8-6-16/h1-4,9-10,17H,5-8H2. The fourth-order valence-corrected chi connectivity index (χ4v) is 2.34. The van der Waals surface area contributed by atoms with Crippen LogP contribution in [-0.4, -0.2) is 42.2 Å². The van der Waals surface area contributed by atoms with E-state index >= 15 is 0 Å². The van der Waals surface area contributed by atoms with Crippen LogP contribution in [0.5, 0.6) is 5.75 Å². The number of hydrogen-bond acceptors (Lipinski definition) is 3. The highest BCUT2D eigenvalue weighted by molar-refractivity contribution is 6.01. The lowest BCUT2D eigenvalue weighted by Crippen LogP contribution is -2.40. The first-order chi connectivity index (χ1) is 9.25. The molecule has 1 heterocycles. The summed E-state index contributed by atoms with van der Waals surface area (Å²) in [5, 5.41) is 11.9. The minimum Gasteiger partial charge on any atom is -0.507 e. The molecule has 1 aliphatic heterocycles. The van der Waals surface area contributed by atoms with Crippen LogP contribution in [0.2, 0.25) is 0 Å². The van der Waals surface area contributed by atoms with Crippen LogP contribution in [0.25, 0.3) is 10.8 Å². The highest BCUT2D eigenvalue weighted by Crippen LogP contribution is 2.26. The van der Waals surface area contributed by atoms with Gasteiger partial charge in [-0.25, -0.2) is 0 Å². The molecule has 0 aliphatic carbocycles. The van der Waals surface area contributed by atoms with Crippen molar-refractivity contribution in [2.75, 3.05) is 26.3 Å². The van der Waals surface area contributed by atoms with E-state index in [2.05, 4.69) is 0 Å². The molecule has 1 saturated heterocycles. The second-order valence-electron chi connectivity index (χ2n) is 4.62. The van der Waals surface area contributed by atoms with Gasteiger partial charge in [0.1, 0.15) is 5.75 Å². The number of aromatic hydroxyl groups is 1. The van der Waals surface area contributed by atoms with Crippen molar-refractivity contribution in [1.82, 2.24) is 4.90 Å². The van der Waals surface area contributed by atoms with Crippen LogP contribution in [0.15, 0.2) is 36.4 Å². The van der Waals surface area contributed by atoms with Crippen molar-refractivity contribution in [2.45, 2.75) is 0 Å². The van der Waals surface area contributed by atoms with Gasteiger partial charge in [0.25, 0.3) is 5.91 Å². The lowest BCUT2D eigenvalue weighted by molar-refractivity contribution is 0.0301. The van der Waals surface area contributed by atoms with E-state index in [0.717, 1.165) is 10.8 Å². The number of morpholine rings is 1. The molecular formula is C15H15NO3. The predicted octanol–water partition coefficient (Wildman–Crippen LogP) is 2.02. The molecule has 1 fully saturated rings. The zero-order valence-corrected chi connectivity index (χ0v) is 10.5. The lowest BCUT2D eigenvalue weighted by Gasteiger charge is -2.27. The minimum atomic E-state index is -0.133. The zero-order valence-electron chi connectivity index (χ0n) is 10.5. The van der Waals surface area contributed by atoms with Gasteiger partial charge in [-0.3, -0.25) is 4.79 Å². The largest absolute Gasteiger partial charge is 0.507 e. The van der Waals surface area contributed by atoms with Crippen LogP contribution >= 0.6 is 0 Å². The van der Waals surface area contributed by atoms with E-state index in [4.69, 9.17) is 4.74 Å². The van der Waals surface area contributed by atoms with E-state index in [1.54, 1.807) is 17.0 Å². The van der Waals surface area contributed by atoms with Crippen LogP contribution < -0.4 is 0 Å². The molecule has 3 rings (SSSR count). The van der Waals surface area contributed by atoms with Gasteiger partial charge in [-0.05, 0) is 22.9 Å². The third-order valence-corrected chi connectivity index (χ3v) is 3.39. The maximum absolute atomic E-state index is 12.4. The van der Waals surface area contributed by atoms with E-state index in [9.17, 15) is 9.90 Å². The molecule has 4 heteroatoms. The Morgan fingerprint density at radius 3 is 2.42 bits per heavy atom. The predicted molar refractivity (Wildman–Crippen MR) is 72.3 cm³/mol. The average molecular weight is 257 g/mol. The number of carbonyl (C=O) groups excluding carboxylic acids is 1. The molecule has 0 saturated carbocycles. The summed E-state index contributed by atoms with van der Waals surface area (Å²) in [5.41, 5.74) is 0.362. The minimum absolute atomic E-state index is 0.0372. The Labute approximate surface area is 111 Å². The summed E-state index contributed by atoms with van der Waals surface area (Å²) in [6.07, 6.45) is 0. The molecule has 0 atom stereocenters. The first kappa shape index (κ1) is 12.0. The molecule has 2 aromatic rings. The second-order valence-corrected chi connectivity index (χ2v) is 4.62. The van der Waals surface area contributed by atoms with Gasteiger partial charge in [0, 0.05) is 13.1 Å². The number of fused-ring (bicyclic) bond motifs is 1. The van der Waals surface area contributed by atoms with Crippen molar-refractivity contribution in [3.63, 3.8) is 0 Å². The number of carbonyl (C=O) groups is 1. The lowest BCUT2D eigenvalue weighted by atomic mass is 10.0. The number of ether oxygens (including phenoxy) is 1. The smallest absolute Gasteiger partial charge is 0.257 e. The molecule has 19 heavy (non-hydrogen) atoms. The van der Waals surface area contributed by atoms with E-state index in [1.165, 1.54) is 0 Å². The zero-order chi connectivity index (χ0) is 13.2. The summed E-state index contributed by atoms with van der Waals surface area (Å²) >= 11 is 0. The van der Waals surface area contributed by atoms with Crippen molar-refractivity contribution in [3.05, 3.63) is 42.0 Å². The highest BCUT2D eigenvalue weighted by atomic mass is 16.5. The van der Waals surface area contributed by atoms with E-state index in [-0.39, 0.29) is 11.7 Å². The molecule has 0 spiro atoms. The second kappa shape index (κ2) is 4.90. The van der Waals surface area contributed by atoms with Crippen LogP contribution in [0, 0.1) is 0 Å².